The summed E-state index contributed by atoms with van der Waals surface area (Å²) in [6, 6.07) is 0. The molecule has 0 spiro atoms. The lowest BCUT2D eigenvalue weighted by Crippen LogP contribution is -2.40. The van der Waals surface area contributed by atoms with E-state index in [9.17, 15) is 4.39 Å². The summed E-state index contributed by atoms with van der Waals surface area (Å²) in [6.07, 6.45) is 4.07. The van der Waals surface area contributed by atoms with Gasteiger partial charge in [-0.05, 0) is 26.2 Å². The van der Waals surface area contributed by atoms with E-state index in [0.717, 1.165) is 32.3 Å². The molecule has 1 fully saturated rings. The Morgan fingerprint density at radius 3 is 2.92 bits per heavy atom. The molecule has 1 aliphatic carbocycles. The summed E-state index contributed by atoms with van der Waals surface area (Å²) in [4.78, 5) is 0. The fourth-order valence-electron chi connectivity index (χ4n) is 2.13. The van der Waals surface area contributed by atoms with Crippen LogP contribution in [-0.2, 0) is 4.74 Å². The molecule has 0 bridgehead atoms. The third-order valence-electron chi connectivity index (χ3n) is 3.01. The molecular weight excluding hydrogens is 169 g/mol. The van der Waals surface area contributed by atoms with Gasteiger partial charge in [0.25, 0.3) is 0 Å². The Kier molecular flexibility index (Phi) is 4.13. The van der Waals surface area contributed by atoms with Crippen molar-refractivity contribution in [2.45, 2.75) is 38.7 Å². The van der Waals surface area contributed by atoms with E-state index in [1.807, 2.05) is 6.92 Å². The van der Waals surface area contributed by atoms with Gasteiger partial charge < -0.3 is 10.5 Å². The number of halogens is 1. The molecule has 1 saturated carbocycles. The highest BCUT2D eigenvalue weighted by Gasteiger charge is 2.35. The molecule has 0 aromatic carbocycles. The molecule has 13 heavy (non-hydrogen) atoms. The highest BCUT2D eigenvalue weighted by Crippen LogP contribution is 2.37. The van der Waals surface area contributed by atoms with Gasteiger partial charge in [-0.15, -0.1) is 0 Å². The first kappa shape index (κ1) is 10.9. The Balaban J connectivity index is 2.48. The smallest absolute Gasteiger partial charge is 0.0963 e. The van der Waals surface area contributed by atoms with Gasteiger partial charge in [-0.3, -0.25) is 4.39 Å². The first-order chi connectivity index (χ1) is 6.26. The standard InChI is InChI=1S/C10H20FNO/c1-2-13-9-4-3-5-10(6-9,7-11)8-12/h9H,2-8,12H2,1H3. The topological polar surface area (TPSA) is 35.2 Å². The van der Waals surface area contributed by atoms with Crippen molar-refractivity contribution in [3.63, 3.8) is 0 Å². The van der Waals surface area contributed by atoms with E-state index < -0.39 is 0 Å². The minimum Gasteiger partial charge on any atom is -0.378 e. The summed E-state index contributed by atoms with van der Waals surface area (Å²) in [5, 5.41) is 0. The van der Waals surface area contributed by atoms with E-state index in [4.69, 9.17) is 10.5 Å². The van der Waals surface area contributed by atoms with Gasteiger partial charge in [-0.2, -0.15) is 0 Å². The van der Waals surface area contributed by atoms with Crippen LogP contribution >= 0.6 is 0 Å². The van der Waals surface area contributed by atoms with Crippen LogP contribution in [0.2, 0.25) is 0 Å². The van der Waals surface area contributed by atoms with Gasteiger partial charge in [-0.25, -0.2) is 0 Å². The maximum Gasteiger partial charge on any atom is 0.0963 e. The van der Waals surface area contributed by atoms with Gasteiger partial charge in [0.2, 0.25) is 0 Å². The molecule has 0 saturated heterocycles. The van der Waals surface area contributed by atoms with Crippen LogP contribution in [0.25, 0.3) is 0 Å². The lowest BCUT2D eigenvalue weighted by Gasteiger charge is -2.37. The van der Waals surface area contributed by atoms with Gasteiger partial charge in [0, 0.05) is 18.6 Å². The average molecular weight is 189 g/mol. The van der Waals surface area contributed by atoms with Gasteiger partial charge in [0.1, 0.15) is 0 Å². The van der Waals surface area contributed by atoms with Crippen LogP contribution in [0.3, 0.4) is 0 Å². The molecule has 2 nitrogen and oxygen atoms in total. The zero-order valence-electron chi connectivity index (χ0n) is 8.39. The largest absolute Gasteiger partial charge is 0.378 e. The van der Waals surface area contributed by atoms with E-state index in [-0.39, 0.29) is 18.2 Å². The third kappa shape index (κ3) is 2.64. The average Bonchev–Trinajstić information content (AvgIpc) is 2.19. The quantitative estimate of drug-likeness (QED) is 0.733. The Bertz CT molecular complexity index is 146. The lowest BCUT2D eigenvalue weighted by atomic mass is 9.74. The van der Waals surface area contributed by atoms with Crippen molar-refractivity contribution in [3.05, 3.63) is 0 Å². The van der Waals surface area contributed by atoms with E-state index in [2.05, 4.69) is 0 Å². The minimum absolute atomic E-state index is 0.234. The molecule has 1 rings (SSSR count). The molecule has 0 aliphatic heterocycles. The second kappa shape index (κ2) is 4.91. The fourth-order valence-corrected chi connectivity index (χ4v) is 2.13. The second-order valence-corrected chi connectivity index (χ2v) is 4.01. The summed E-state index contributed by atoms with van der Waals surface area (Å²) in [5.74, 6) is 0. The maximum absolute atomic E-state index is 12.8. The van der Waals surface area contributed by atoms with E-state index in [0.29, 0.717) is 6.54 Å². The molecule has 0 amide bonds. The molecular formula is C10H20FNO. The molecule has 0 aromatic rings. The normalized spacial score (nSPS) is 34.8. The number of alkyl halides is 1. The zero-order chi connectivity index (χ0) is 9.73. The molecule has 0 aromatic heterocycles. The first-order valence-corrected chi connectivity index (χ1v) is 5.14. The molecule has 1 aliphatic rings. The summed E-state index contributed by atoms with van der Waals surface area (Å²) in [5.41, 5.74) is 5.33. The minimum atomic E-state index is -0.299. The molecule has 2 unspecified atom stereocenters. The predicted molar refractivity (Wildman–Crippen MR) is 51.3 cm³/mol. The molecule has 0 radical (unpaired) electrons. The van der Waals surface area contributed by atoms with Crippen LogP contribution in [0.1, 0.15) is 32.6 Å². The molecule has 2 N–H and O–H groups in total. The third-order valence-corrected chi connectivity index (χ3v) is 3.01. The van der Waals surface area contributed by atoms with Gasteiger partial charge in [0.05, 0.1) is 12.8 Å². The Labute approximate surface area is 79.6 Å². The van der Waals surface area contributed by atoms with Gasteiger partial charge in [0.15, 0.2) is 0 Å². The molecule has 0 heterocycles. The van der Waals surface area contributed by atoms with Crippen LogP contribution in [0.5, 0.6) is 0 Å². The van der Waals surface area contributed by atoms with Crippen LogP contribution < -0.4 is 5.73 Å². The van der Waals surface area contributed by atoms with Crippen molar-refractivity contribution >= 4 is 0 Å². The molecule has 3 heteroatoms. The number of nitrogens with two attached hydrogens (primary N) is 1. The zero-order valence-corrected chi connectivity index (χ0v) is 8.39. The number of hydrogen-bond acceptors (Lipinski definition) is 2. The summed E-state index contributed by atoms with van der Waals surface area (Å²) in [6.45, 7) is 2.85. The second-order valence-electron chi connectivity index (χ2n) is 4.01. The number of hydrogen-bond donors (Lipinski definition) is 1. The Morgan fingerprint density at radius 1 is 1.62 bits per heavy atom. The summed E-state index contributed by atoms with van der Waals surface area (Å²) < 4.78 is 18.3. The van der Waals surface area contributed by atoms with E-state index in [1.165, 1.54) is 0 Å². The number of ether oxygens (including phenoxy) is 1. The van der Waals surface area contributed by atoms with Crippen LogP contribution in [0.15, 0.2) is 0 Å². The van der Waals surface area contributed by atoms with Crippen LogP contribution in [-0.4, -0.2) is 25.9 Å². The van der Waals surface area contributed by atoms with Crippen molar-refractivity contribution in [3.8, 4) is 0 Å². The van der Waals surface area contributed by atoms with Crippen LogP contribution in [0, 0.1) is 5.41 Å². The van der Waals surface area contributed by atoms with Crippen molar-refractivity contribution in [1.82, 2.24) is 0 Å². The first-order valence-electron chi connectivity index (χ1n) is 5.14. The highest BCUT2D eigenvalue weighted by atomic mass is 19.1. The van der Waals surface area contributed by atoms with Crippen LogP contribution in [0.4, 0.5) is 4.39 Å². The molecule has 2 atom stereocenters. The summed E-state index contributed by atoms with van der Waals surface area (Å²) >= 11 is 0. The van der Waals surface area contributed by atoms with Crippen molar-refractivity contribution < 1.29 is 9.13 Å². The van der Waals surface area contributed by atoms with Gasteiger partial charge >= 0.3 is 0 Å². The number of rotatable bonds is 4. The Hall–Kier alpha value is -0.150. The summed E-state index contributed by atoms with van der Waals surface area (Å²) in [7, 11) is 0. The fraction of sp³-hybridized carbons (Fsp3) is 1.00. The predicted octanol–water partition coefficient (Wildman–Crippen LogP) is 1.88. The SMILES string of the molecule is CCOC1CCCC(CN)(CF)C1. The maximum atomic E-state index is 12.8. The lowest BCUT2D eigenvalue weighted by molar-refractivity contribution is -0.0159. The van der Waals surface area contributed by atoms with E-state index in [1.54, 1.807) is 0 Å². The Morgan fingerprint density at radius 2 is 2.38 bits per heavy atom. The monoisotopic (exact) mass is 189 g/mol. The van der Waals surface area contributed by atoms with Crippen molar-refractivity contribution in [1.29, 1.82) is 0 Å². The van der Waals surface area contributed by atoms with Gasteiger partial charge in [-0.1, -0.05) is 6.42 Å². The highest BCUT2D eigenvalue weighted by molar-refractivity contribution is 4.87. The van der Waals surface area contributed by atoms with E-state index >= 15 is 0 Å². The van der Waals surface area contributed by atoms with Crippen molar-refractivity contribution in [2.75, 3.05) is 19.8 Å². The van der Waals surface area contributed by atoms with Crippen molar-refractivity contribution in [2.24, 2.45) is 11.1 Å². The molecule has 78 valence electrons.